The second kappa shape index (κ2) is 5.52. The lowest BCUT2D eigenvalue weighted by Crippen LogP contribution is -2.07. The van der Waals surface area contributed by atoms with Crippen LogP contribution in [-0.2, 0) is 4.79 Å². The number of carbonyl (C=O) groups is 1. The molecule has 1 heterocycles. The number of thioether (sulfide) groups is 1. The maximum absolute atomic E-state index is 11.2. The van der Waals surface area contributed by atoms with Crippen LogP contribution >= 0.6 is 35.7 Å². The van der Waals surface area contributed by atoms with Gasteiger partial charge in [-0.15, -0.1) is 22.8 Å². The summed E-state index contributed by atoms with van der Waals surface area (Å²) in [7, 11) is 0. The van der Waals surface area contributed by atoms with Gasteiger partial charge in [0.2, 0.25) is 0 Å². The van der Waals surface area contributed by atoms with Gasteiger partial charge >= 0.3 is 5.97 Å². The van der Waals surface area contributed by atoms with Crippen molar-refractivity contribution in [3.8, 4) is 0 Å². The van der Waals surface area contributed by atoms with Gasteiger partial charge in [0.15, 0.2) is 4.34 Å². The summed E-state index contributed by atoms with van der Waals surface area (Å²) in [4.78, 5) is 12.0. The highest BCUT2D eigenvalue weighted by Gasteiger charge is 2.22. The van der Waals surface area contributed by atoms with E-state index in [1.807, 2.05) is 0 Å². The molecule has 0 fully saturated rings. The molecule has 0 saturated heterocycles. The topological polar surface area (TPSA) is 63.1 Å². The first-order chi connectivity index (χ1) is 8.16. The maximum Gasteiger partial charge on any atom is 0.321 e. The summed E-state index contributed by atoms with van der Waals surface area (Å²) in [5.41, 5.74) is 2.28. The van der Waals surface area contributed by atoms with E-state index in [1.54, 1.807) is 29.8 Å². The summed E-state index contributed by atoms with van der Waals surface area (Å²) < 4.78 is 0.641. The van der Waals surface area contributed by atoms with Gasteiger partial charge < -0.3 is 5.11 Å². The maximum atomic E-state index is 11.2. The lowest BCUT2D eigenvalue weighted by atomic mass is 10.1. The van der Waals surface area contributed by atoms with E-state index < -0.39 is 11.2 Å². The van der Waals surface area contributed by atoms with Gasteiger partial charge in [0.1, 0.15) is 10.8 Å². The molecular weight excluding hydrogens is 276 g/mol. The minimum atomic E-state index is -0.899. The Morgan fingerprint density at radius 1 is 1.53 bits per heavy atom. The third kappa shape index (κ3) is 3.21. The molecule has 0 aliphatic rings. The highest BCUT2D eigenvalue weighted by Crippen LogP contribution is 2.36. The predicted octanol–water partition coefficient (Wildman–Crippen LogP) is 2.74. The number of hydrogen-bond donors (Lipinski definition) is 2. The zero-order chi connectivity index (χ0) is 12.3. The van der Waals surface area contributed by atoms with Gasteiger partial charge in [-0.25, -0.2) is 0 Å². The first kappa shape index (κ1) is 12.4. The standard InChI is InChI=1S/C10H8N2O2S3/c13-9(14)8(17-10-12-11-5-16-10)6-2-1-3-7(15)4-6/h1-5,8,15H,(H,13,14). The number of aromatic nitrogens is 2. The SMILES string of the molecule is O=C(O)C(Sc1nncs1)c1cccc(S)c1. The Morgan fingerprint density at radius 2 is 2.35 bits per heavy atom. The summed E-state index contributed by atoms with van der Waals surface area (Å²) in [6.07, 6.45) is 0. The summed E-state index contributed by atoms with van der Waals surface area (Å²) in [5.74, 6) is -0.899. The monoisotopic (exact) mass is 284 g/mol. The molecule has 1 aromatic heterocycles. The molecule has 0 radical (unpaired) electrons. The Labute approximate surface area is 112 Å². The molecule has 0 aliphatic heterocycles. The number of benzene rings is 1. The van der Waals surface area contributed by atoms with Crippen molar-refractivity contribution in [2.24, 2.45) is 0 Å². The van der Waals surface area contributed by atoms with Crippen LogP contribution in [0.25, 0.3) is 0 Å². The average Bonchev–Trinajstić information content (AvgIpc) is 2.78. The van der Waals surface area contributed by atoms with Gasteiger partial charge in [0, 0.05) is 4.90 Å². The lowest BCUT2D eigenvalue weighted by molar-refractivity contribution is -0.136. The molecule has 1 N–H and O–H groups in total. The highest BCUT2D eigenvalue weighted by molar-refractivity contribution is 8.01. The van der Waals surface area contributed by atoms with E-state index in [4.69, 9.17) is 0 Å². The molecule has 0 saturated carbocycles. The third-order valence-corrected chi connectivity index (χ3v) is 4.29. The van der Waals surface area contributed by atoms with Crippen molar-refractivity contribution in [2.45, 2.75) is 14.5 Å². The smallest absolute Gasteiger partial charge is 0.321 e. The third-order valence-electron chi connectivity index (χ3n) is 1.96. The number of thiol groups is 1. The molecule has 2 aromatic rings. The van der Waals surface area contributed by atoms with Crippen LogP contribution in [0.1, 0.15) is 10.8 Å². The van der Waals surface area contributed by atoms with Gasteiger partial charge in [0.05, 0.1) is 0 Å². The highest BCUT2D eigenvalue weighted by atomic mass is 32.2. The van der Waals surface area contributed by atoms with Gasteiger partial charge in [-0.2, -0.15) is 0 Å². The molecule has 2 rings (SSSR count). The summed E-state index contributed by atoms with van der Waals surface area (Å²) >= 11 is 6.71. The predicted molar refractivity (Wildman–Crippen MR) is 69.8 cm³/mol. The number of rotatable bonds is 4. The molecule has 7 heteroatoms. The normalized spacial score (nSPS) is 12.3. The number of carboxylic acids is 1. The second-order valence-corrected chi connectivity index (χ2v) is 5.84. The Morgan fingerprint density at radius 3 is 2.94 bits per heavy atom. The van der Waals surface area contributed by atoms with E-state index in [0.29, 0.717) is 9.90 Å². The Bertz CT molecular complexity index is 516. The molecular formula is C10H8N2O2S3. The Balaban J connectivity index is 2.26. The fourth-order valence-corrected chi connectivity index (χ4v) is 3.10. The van der Waals surface area contributed by atoms with Crippen LogP contribution in [0.4, 0.5) is 0 Å². The van der Waals surface area contributed by atoms with E-state index in [1.165, 1.54) is 23.1 Å². The second-order valence-electron chi connectivity index (χ2n) is 3.14. The van der Waals surface area contributed by atoms with E-state index in [2.05, 4.69) is 22.8 Å². The van der Waals surface area contributed by atoms with Crippen LogP contribution in [0.5, 0.6) is 0 Å². The van der Waals surface area contributed by atoms with Crippen LogP contribution in [-0.4, -0.2) is 21.3 Å². The first-order valence-corrected chi connectivity index (χ1v) is 6.82. The fourth-order valence-electron chi connectivity index (χ4n) is 1.26. The zero-order valence-electron chi connectivity index (χ0n) is 8.48. The van der Waals surface area contributed by atoms with Gasteiger partial charge in [-0.05, 0) is 17.7 Å². The molecule has 17 heavy (non-hydrogen) atoms. The summed E-state index contributed by atoms with van der Waals surface area (Å²) in [5, 5.41) is 16.1. The number of carboxylic acid groups (broad SMARTS) is 1. The molecule has 4 nitrogen and oxygen atoms in total. The minimum absolute atomic E-state index is 0.641. The summed E-state index contributed by atoms with van der Waals surface area (Å²) in [6.45, 7) is 0. The quantitative estimate of drug-likeness (QED) is 0.667. The minimum Gasteiger partial charge on any atom is -0.480 e. The zero-order valence-corrected chi connectivity index (χ0v) is 11.0. The van der Waals surface area contributed by atoms with Crippen molar-refractivity contribution in [1.29, 1.82) is 0 Å². The van der Waals surface area contributed by atoms with Gasteiger partial charge in [-0.1, -0.05) is 35.2 Å². The van der Waals surface area contributed by atoms with E-state index in [0.717, 1.165) is 4.90 Å². The van der Waals surface area contributed by atoms with Crippen LogP contribution in [0.2, 0.25) is 0 Å². The van der Waals surface area contributed by atoms with Crippen LogP contribution < -0.4 is 0 Å². The van der Waals surface area contributed by atoms with Gasteiger partial charge in [-0.3, -0.25) is 4.79 Å². The van der Waals surface area contributed by atoms with Crippen LogP contribution in [0.15, 0.2) is 39.0 Å². The first-order valence-electron chi connectivity index (χ1n) is 4.61. The number of hydrogen-bond acceptors (Lipinski definition) is 6. The molecule has 0 amide bonds. The van der Waals surface area contributed by atoms with Crippen molar-refractivity contribution < 1.29 is 9.90 Å². The van der Waals surface area contributed by atoms with Crippen molar-refractivity contribution in [1.82, 2.24) is 10.2 Å². The lowest BCUT2D eigenvalue weighted by Gasteiger charge is -2.10. The largest absolute Gasteiger partial charge is 0.480 e. The molecule has 0 spiro atoms. The Kier molecular flexibility index (Phi) is 4.03. The molecule has 1 aromatic carbocycles. The van der Waals surface area contributed by atoms with Crippen LogP contribution in [0.3, 0.4) is 0 Å². The van der Waals surface area contributed by atoms with E-state index >= 15 is 0 Å². The number of aliphatic carboxylic acids is 1. The van der Waals surface area contributed by atoms with Crippen molar-refractivity contribution in [2.75, 3.05) is 0 Å². The molecule has 1 unspecified atom stereocenters. The van der Waals surface area contributed by atoms with Crippen molar-refractivity contribution in [3.63, 3.8) is 0 Å². The summed E-state index contributed by atoms with van der Waals surface area (Å²) in [6, 6.07) is 7.11. The number of nitrogens with zero attached hydrogens (tertiary/aromatic N) is 2. The molecule has 0 bridgehead atoms. The van der Waals surface area contributed by atoms with Crippen LogP contribution in [0, 0.1) is 0 Å². The Hall–Kier alpha value is -1.05. The van der Waals surface area contributed by atoms with Gasteiger partial charge in [0.25, 0.3) is 0 Å². The average molecular weight is 284 g/mol. The molecule has 0 aliphatic carbocycles. The van der Waals surface area contributed by atoms with E-state index in [9.17, 15) is 9.90 Å². The van der Waals surface area contributed by atoms with Crippen molar-refractivity contribution >= 4 is 41.7 Å². The molecule has 1 atom stereocenters. The molecule has 88 valence electrons. The van der Waals surface area contributed by atoms with E-state index in [-0.39, 0.29) is 0 Å². The van der Waals surface area contributed by atoms with Crippen molar-refractivity contribution in [3.05, 3.63) is 35.3 Å². The fraction of sp³-hybridized carbons (Fsp3) is 0.100.